The number of rotatable bonds is 4. The number of aliphatic imine (C=N–C) groups is 2. The summed E-state index contributed by atoms with van der Waals surface area (Å²) in [4.78, 5) is 10.8. The molecule has 0 aliphatic carbocycles. The lowest BCUT2D eigenvalue weighted by atomic mass is 10.0. The molecule has 12 rings (SSSR count). The van der Waals surface area contributed by atoms with E-state index in [2.05, 4.69) is 196 Å². The fourth-order valence-corrected chi connectivity index (χ4v) is 9.91. The van der Waals surface area contributed by atoms with Crippen molar-refractivity contribution in [2.45, 2.75) is 6.17 Å². The zero-order valence-corrected chi connectivity index (χ0v) is 31.5. The van der Waals surface area contributed by atoms with Crippen molar-refractivity contribution in [2.24, 2.45) is 9.98 Å². The Morgan fingerprint density at radius 1 is 0.439 bits per heavy atom. The maximum absolute atomic E-state index is 5.47. The molecule has 1 aliphatic heterocycles. The lowest BCUT2D eigenvalue weighted by molar-refractivity contribution is 0.668. The Labute approximate surface area is 332 Å². The third-order valence-corrected chi connectivity index (χ3v) is 12.5. The number of benzene rings is 8. The van der Waals surface area contributed by atoms with Gasteiger partial charge in [0, 0.05) is 53.0 Å². The fourth-order valence-electron chi connectivity index (χ4n) is 8.77. The Morgan fingerprint density at radius 2 is 0.982 bits per heavy atom. The van der Waals surface area contributed by atoms with Gasteiger partial charge < -0.3 is 9.88 Å². The van der Waals surface area contributed by atoms with E-state index >= 15 is 0 Å². The van der Waals surface area contributed by atoms with Crippen LogP contribution in [-0.2, 0) is 0 Å². The second-order valence-corrected chi connectivity index (χ2v) is 15.7. The maximum atomic E-state index is 5.47. The van der Waals surface area contributed by atoms with Gasteiger partial charge in [0.05, 0.1) is 22.1 Å². The van der Waals surface area contributed by atoms with Crippen LogP contribution in [-0.4, -0.2) is 20.9 Å². The first-order chi connectivity index (χ1) is 28.3. The summed E-state index contributed by atoms with van der Waals surface area (Å²) >= 11 is 1.85. The third kappa shape index (κ3) is 5.01. The van der Waals surface area contributed by atoms with Crippen molar-refractivity contribution >= 4 is 86.9 Å². The predicted molar refractivity (Wildman–Crippen MR) is 240 cm³/mol. The molecular weight excluding hydrogens is 715 g/mol. The van der Waals surface area contributed by atoms with E-state index in [9.17, 15) is 0 Å². The van der Waals surface area contributed by atoms with Crippen LogP contribution in [0.5, 0.6) is 0 Å². The minimum Gasteiger partial charge on any atom is -0.344 e. The van der Waals surface area contributed by atoms with Crippen molar-refractivity contribution in [1.82, 2.24) is 14.5 Å². The van der Waals surface area contributed by atoms with Crippen LogP contribution >= 0.6 is 11.3 Å². The number of thiophene rings is 1. The Bertz CT molecular complexity index is 3420. The first kappa shape index (κ1) is 32.0. The molecule has 0 saturated carbocycles. The molecular formula is C51H33N5S. The van der Waals surface area contributed by atoms with Gasteiger partial charge in [-0.3, -0.25) is 4.57 Å². The van der Waals surface area contributed by atoms with Crippen LogP contribution < -0.4 is 5.32 Å². The van der Waals surface area contributed by atoms with Crippen LogP contribution in [0.3, 0.4) is 0 Å². The van der Waals surface area contributed by atoms with Crippen molar-refractivity contribution in [3.63, 3.8) is 0 Å². The predicted octanol–water partition coefficient (Wildman–Crippen LogP) is 12.9. The molecule has 1 aliphatic rings. The van der Waals surface area contributed by atoms with Gasteiger partial charge in [0.1, 0.15) is 12.0 Å². The van der Waals surface area contributed by atoms with Crippen LogP contribution in [0.15, 0.2) is 198 Å². The van der Waals surface area contributed by atoms with E-state index in [0.717, 1.165) is 55.5 Å². The highest BCUT2D eigenvalue weighted by Gasteiger charge is 2.27. The zero-order valence-electron chi connectivity index (χ0n) is 30.7. The van der Waals surface area contributed by atoms with E-state index in [0.29, 0.717) is 5.96 Å². The number of hydrogen-bond donors (Lipinski definition) is 1. The molecule has 0 radical (unpaired) electrons. The van der Waals surface area contributed by atoms with Crippen LogP contribution in [0.25, 0.3) is 80.6 Å². The van der Waals surface area contributed by atoms with E-state index < -0.39 is 0 Å². The molecule has 1 atom stereocenters. The van der Waals surface area contributed by atoms with Gasteiger partial charge in [-0.05, 0) is 47.0 Å². The summed E-state index contributed by atoms with van der Waals surface area (Å²) in [5.74, 6) is 1.42. The first-order valence-corrected chi connectivity index (χ1v) is 20.1. The van der Waals surface area contributed by atoms with Gasteiger partial charge in [0.2, 0.25) is 5.96 Å². The molecule has 0 saturated heterocycles. The fraction of sp³-hybridized carbons (Fsp3) is 0.0196. The molecule has 3 aromatic heterocycles. The van der Waals surface area contributed by atoms with Crippen molar-refractivity contribution in [2.75, 3.05) is 0 Å². The lowest BCUT2D eigenvalue weighted by Gasteiger charge is -2.24. The molecule has 268 valence electrons. The molecule has 0 amide bonds. The molecule has 0 spiro atoms. The molecule has 5 nitrogen and oxygen atoms in total. The van der Waals surface area contributed by atoms with Crippen LogP contribution in [0.4, 0.5) is 0 Å². The Morgan fingerprint density at radius 3 is 1.70 bits per heavy atom. The topological polar surface area (TPSA) is 46.6 Å². The van der Waals surface area contributed by atoms with Gasteiger partial charge in [-0.1, -0.05) is 158 Å². The highest BCUT2D eigenvalue weighted by Crippen LogP contribution is 2.42. The number of nitrogens with zero attached hydrogens (tertiary/aromatic N) is 4. The average Bonchev–Trinajstić information content (AvgIpc) is 3.94. The second-order valence-electron chi connectivity index (χ2n) is 14.6. The van der Waals surface area contributed by atoms with E-state index in [1.165, 1.54) is 42.1 Å². The van der Waals surface area contributed by atoms with E-state index in [4.69, 9.17) is 9.98 Å². The lowest BCUT2D eigenvalue weighted by Crippen LogP contribution is -2.35. The van der Waals surface area contributed by atoms with Gasteiger partial charge in [-0.15, -0.1) is 11.3 Å². The molecule has 57 heavy (non-hydrogen) atoms. The second kappa shape index (κ2) is 12.6. The molecule has 8 aromatic carbocycles. The average molecular weight is 748 g/mol. The Hall–Kier alpha value is -7.28. The summed E-state index contributed by atoms with van der Waals surface area (Å²) < 4.78 is 7.33. The highest BCUT2D eigenvalue weighted by molar-refractivity contribution is 7.25. The summed E-state index contributed by atoms with van der Waals surface area (Å²) in [5.41, 5.74) is 9.99. The Balaban J connectivity index is 1.14. The maximum Gasteiger partial charge on any atom is 0.234 e. The molecule has 11 aromatic rings. The van der Waals surface area contributed by atoms with Gasteiger partial charge >= 0.3 is 0 Å². The van der Waals surface area contributed by atoms with Crippen LogP contribution in [0.1, 0.15) is 17.3 Å². The number of para-hydroxylation sites is 2. The summed E-state index contributed by atoms with van der Waals surface area (Å²) in [6.45, 7) is 0. The normalized spacial score (nSPS) is 14.5. The monoisotopic (exact) mass is 747 g/mol. The van der Waals surface area contributed by atoms with Crippen molar-refractivity contribution in [3.8, 4) is 16.8 Å². The smallest absolute Gasteiger partial charge is 0.234 e. The Kier molecular flexibility index (Phi) is 7.09. The minimum absolute atomic E-state index is 0.367. The van der Waals surface area contributed by atoms with Crippen molar-refractivity contribution in [3.05, 3.63) is 199 Å². The molecule has 1 unspecified atom stereocenters. The van der Waals surface area contributed by atoms with Crippen LogP contribution in [0.2, 0.25) is 0 Å². The number of nitrogens with one attached hydrogen (secondary N) is 1. The third-order valence-electron chi connectivity index (χ3n) is 11.4. The van der Waals surface area contributed by atoms with Crippen molar-refractivity contribution < 1.29 is 0 Å². The summed E-state index contributed by atoms with van der Waals surface area (Å²) in [6.07, 6.45) is -0.367. The first-order valence-electron chi connectivity index (χ1n) is 19.3. The summed E-state index contributed by atoms with van der Waals surface area (Å²) in [6, 6.07) is 67.3. The van der Waals surface area contributed by atoms with Gasteiger partial charge in [0.15, 0.2) is 0 Å². The molecule has 6 heteroatoms. The summed E-state index contributed by atoms with van der Waals surface area (Å²) in [5, 5.41) is 11.0. The van der Waals surface area contributed by atoms with Gasteiger partial charge in [-0.25, -0.2) is 4.99 Å². The van der Waals surface area contributed by atoms with E-state index in [1.54, 1.807) is 0 Å². The quantitative estimate of drug-likeness (QED) is 0.191. The number of amidine groups is 1. The number of fused-ring (bicyclic) bond motifs is 10. The number of aromatic nitrogens is 2. The number of hydrogen-bond acceptors (Lipinski definition) is 4. The molecule has 4 heterocycles. The largest absolute Gasteiger partial charge is 0.344 e. The molecule has 0 fully saturated rings. The molecule has 1 N–H and O–H groups in total. The highest BCUT2D eigenvalue weighted by atomic mass is 32.1. The zero-order chi connectivity index (χ0) is 37.5. The van der Waals surface area contributed by atoms with Crippen LogP contribution in [0, 0.1) is 0 Å². The van der Waals surface area contributed by atoms with E-state index in [-0.39, 0.29) is 6.17 Å². The van der Waals surface area contributed by atoms with Gasteiger partial charge in [-0.2, -0.15) is 4.99 Å². The van der Waals surface area contributed by atoms with Gasteiger partial charge in [0.25, 0.3) is 0 Å². The minimum atomic E-state index is -0.367. The van der Waals surface area contributed by atoms with Crippen molar-refractivity contribution in [1.29, 1.82) is 0 Å². The summed E-state index contributed by atoms with van der Waals surface area (Å²) in [7, 11) is 0. The molecule has 0 bridgehead atoms. The standard InChI is InChI=1S/C51H33N5S/c1-3-13-32(14-4-1)33-23-25-35(26-24-33)50-52-49(34-15-5-2-6-16-34)53-51(54-50)56-44-21-11-8-18-38(44)42-30-29-41-37-17-7-10-20-43(37)55(47(41)48(42)56)36-27-28-40-39-19-9-12-22-45(39)57-46(40)31-36/h1-31,50H,(H,52,53,54). The SMILES string of the molecule is c1ccc(C2=NC(n3c4ccccc4c4ccc5c6ccccc6n(-c6ccc7c(c6)sc6ccccc67)c5c43)=NC(c3ccc(-c4ccccc4)cc3)N2)cc1. The van der Waals surface area contributed by atoms with E-state index in [1.807, 2.05) is 17.4 Å².